The molecule has 2 aromatic rings. The van der Waals surface area contributed by atoms with Crippen LogP contribution >= 0.6 is 0 Å². The molecule has 118 valence electrons. The third kappa shape index (κ3) is 3.48. The Balaban J connectivity index is 2.27. The summed E-state index contributed by atoms with van der Waals surface area (Å²) >= 11 is 0. The number of halogens is 3. The summed E-state index contributed by atoms with van der Waals surface area (Å²) in [4.78, 5) is -0.921. The molecule has 0 fully saturated rings. The van der Waals surface area contributed by atoms with Crippen LogP contribution in [0.5, 0.6) is 0 Å². The number of nitrogens with one attached hydrogen (secondary N) is 1. The van der Waals surface area contributed by atoms with E-state index in [0.29, 0.717) is 17.7 Å². The molecule has 1 N–H and O–H groups in total. The van der Waals surface area contributed by atoms with Crippen molar-refractivity contribution in [2.75, 3.05) is 0 Å². The number of hydrogen-bond donors (Lipinski definition) is 1. The third-order valence-electron chi connectivity index (χ3n) is 3.04. The minimum absolute atomic E-state index is 0.0801. The fraction of sp³-hybridized carbons (Fsp3) is 0.200. The molecule has 22 heavy (non-hydrogen) atoms. The van der Waals surface area contributed by atoms with Crippen molar-refractivity contribution in [1.82, 2.24) is 4.72 Å². The molecule has 0 saturated carbocycles. The molecule has 0 aliphatic heterocycles. The van der Waals surface area contributed by atoms with Crippen LogP contribution in [0.2, 0.25) is 0 Å². The molecule has 0 saturated heterocycles. The quantitative estimate of drug-likeness (QED) is 0.876. The molecule has 0 spiro atoms. The van der Waals surface area contributed by atoms with E-state index in [1.54, 1.807) is 12.1 Å². The number of rotatable bonds is 4. The second-order valence-corrected chi connectivity index (χ2v) is 6.73. The van der Waals surface area contributed by atoms with Gasteiger partial charge >= 0.3 is 0 Å². The van der Waals surface area contributed by atoms with Gasteiger partial charge in [0.1, 0.15) is 4.90 Å². The molecule has 0 radical (unpaired) electrons. The van der Waals surface area contributed by atoms with E-state index in [2.05, 4.69) is 4.72 Å². The Kier molecular flexibility index (Phi) is 4.58. The summed E-state index contributed by atoms with van der Waals surface area (Å²) < 4.78 is 65.8. The first-order valence-corrected chi connectivity index (χ1v) is 7.89. The van der Waals surface area contributed by atoms with Gasteiger partial charge in [-0.2, -0.15) is 0 Å². The predicted molar refractivity (Wildman–Crippen MR) is 76.3 cm³/mol. The molecule has 0 atom stereocenters. The Hall–Kier alpha value is -1.86. The van der Waals surface area contributed by atoms with E-state index in [4.69, 9.17) is 0 Å². The molecular weight excluding hydrogens is 315 g/mol. The SMILES string of the molecule is Cc1cc(C)cc(CNS(=O)(=O)c2ccc(F)c(F)c2F)c1. The van der Waals surface area contributed by atoms with Gasteiger partial charge in [-0.1, -0.05) is 29.3 Å². The molecule has 7 heteroatoms. The van der Waals surface area contributed by atoms with E-state index < -0.39 is 32.4 Å². The van der Waals surface area contributed by atoms with Crippen LogP contribution in [0.1, 0.15) is 16.7 Å². The van der Waals surface area contributed by atoms with Crippen LogP contribution in [0.25, 0.3) is 0 Å². The Morgan fingerprint density at radius 2 is 1.55 bits per heavy atom. The van der Waals surface area contributed by atoms with Crippen LogP contribution in [-0.2, 0) is 16.6 Å². The highest BCUT2D eigenvalue weighted by molar-refractivity contribution is 7.89. The zero-order chi connectivity index (χ0) is 16.5. The van der Waals surface area contributed by atoms with Gasteiger partial charge in [0.2, 0.25) is 10.0 Å². The van der Waals surface area contributed by atoms with Gasteiger partial charge in [0.15, 0.2) is 17.5 Å². The second-order valence-electron chi connectivity index (χ2n) is 4.99. The summed E-state index contributed by atoms with van der Waals surface area (Å²) in [7, 11) is -4.29. The molecule has 0 aliphatic rings. The van der Waals surface area contributed by atoms with Crippen molar-refractivity contribution in [3.63, 3.8) is 0 Å². The monoisotopic (exact) mass is 329 g/mol. The van der Waals surface area contributed by atoms with Crippen molar-refractivity contribution in [1.29, 1.82) is 0 Å². The number of benzene rings is 2. The Bertz CT molecular complexity index is 800. The molecule has 0 aliphatic carbocycles. The second kappa shape index (κ2) is 6.10. The van der Waals surface area contributed by atoms with Crippen molar-refractivity contribution in [2.45, 2.75) is 25.3 Å². The van der Waals surface area contributed by atoms with Crippen molar-refractivity contribution >= 4 is 10.0 Å². The molecule has 0 bridgehead atoms. The molecule has 0 heterocycles. The highest BCUT2D eigenvalue weighted by atomic mass is 32.2. The van der Waals surface area contributed by atoms with Crippen molar-refractivity contribution in [2.24, 2.45) is 0 Å². The minimum atomic E-state index is -4.29. The van der Waals surface area contributed by atoms with Crippen molar-refractivity contribution < 1.29 is 21.6 Å². The van der Waals surface area contributed by atoms with Crippen LogP contribution in [0.3, 0.4) is 0 Å². The van der Waals surface area contributed by atoms with E-state index in [1.165, 1.54) is 0 Å². The van der Waals surface area contributed by atoms with Crippen LogP contribution in [0.4, 0.5) is 13.2 Å². The van der Waals surface area contributed by atoms with Gasteiger partial charge < -0.3 is 0 Å². The van der Waals surface area contributed by atoms with Gasteiger partial charge in [-0.25, -0.2) is 26.3 Å². The standard InChI is InChI=1S/C15H14F3NO2S/c1-9-5-10(2)7-11(6-9)8-19-22(20,21)13-4-3-12(16)14(17)15(13)18/h3-7,19H,8H2,1-2H3. The Labute approximate surface area is 126 Å². The van der Waals surface area contributed by atoms with Gasteiger partial charge in [0.05, 0.1) is 0 Å². The van der Waals surface area contributed by atoms with E-state index in [9.17, 15) is 21.6 Å². The fourth-order valence-corrected chi connectivity index (χ4v) is 3.23. The van der Waals surface area contributed by atoms with Crippen LogP contribution in [0.15, 0.2) is 35.2 Å². The predicted octanol–water partition coefficient (Wildman–Crippen LogP) is 3.20. The molecule has 2 aromatic carbocycles. The molecule has 3 nitrogen and oxygen atoms in total. The molecule has 0 unspecified atom stereocenters. The zero-order valence-electron chi connectivity index (χ0n) is 12.0. The lowest BCUT2D eigenvalue weighted by Crippen LogP contribution is -2.24. The lowest BCUT2D eigenvalue weighted by atomic mass is 10.1. The zero-order valence-corrected chi connectivity index (χ0v) is 12.8. The number of hydrogen-bond acceptors (Lipinski definition) is 2. The van der Waals surface area contributed by atoms with E-state index >= 15 is 0 Å². The molecule has 0 amide bonds. The largest absolute Gasteiger partial charge is 0.243 e. The van der Waals surface area contributed by atoms with Crippen molar-refractivity contribution in [3.8, 4) is 0 Å². The first-order chi connectivity index (χ1) is 10.2. The number of sulfonamides is 1. The Morgan fingerprint density at radius 1 is 0.955 bits per heavy atom. The van der Waals surface area contributed by atoms with Crippen LogP contribution < -0.4 is 4.72 Å². The first kappa shape index (κ1) is 16.5. The lowest BCUT2D eigenvalue weighted by molar-refractivity contribution is 0.431. The van der Waals surface area contributed by atoms with Crippen LogP contribution in [0, 0.1) is 31.3 Å². The summed E-state index contributed by atoms with van der Waals surface area (Å²) in [5.74, 6) is -4.98. The summed E-state index contributed by atoms with van der Waals surface area (Å²) in [6.07, 6.45) is 0. The maximum atomic E-state index is 13.6. The molecule has 0 aromatic heterocycles. The van der Waals surface area contributed by atoms with Gasteiger partial charge in [0, 0.05) is 6.54 Å². The summed E-state index contributed by atoms with van der Waals surface area (Å²) in [5, 5.41) is 0. The van der Waals surface area contributed by atoms with E-state index in [1.807, 2.05) is 19.9 Å². The average molecular weight is 329 g/mol. The van der Waals surface area contributed by atoms with Crippen LogP contribution in [-0.4, -0.2) is 8.42 Å². The highest BCUT2D eigenvalue weighted by Gasteiger charge is 2.23. The topological polar surface area (TPSA) is 46.2 Å². The molecular formula is C15H14F3NO2S. The van der Waals surface area contributed by atoms with Gasteiger partial charge in [0.25, 0.3) is 0 Å². The van der Waals surface area contributed by atoms with E-state index in [-0.39, 0.29) is 6.54 Å². The maximum absolute atomic E-state index is 13.6. The summed E-state index contributed by atoms with van der Waals surface area (Å²) in [6.45, 7) is 3.64. The maximum Gasteiger partial charge on any atom is 0.243 e. The van der Waals surface area contributed by atoms with Gasteiger partial charge in [-0.3, -0.25) is 0 Å². The third-order valence-corrected chi connectivity index (χ3v) is 4.46. The van der Waals surface area contributed by atoms with Gasteiger partial charge in [-0.05, 0) is 31.5 Å². The van der Waals surface area contributed by atoms with Gasteiger partial charge in [-0.15, -0.1) is 0 Å². The Morgan fingerprint density at radius 3 is 2.14 bits per heavy atom. The minimum Gasteiger partial charge on any atom is -0.207 e. The number of aryl methyl sites for hydroxylation is 2. The van der Waals surface area contributed by atoms with E-state index in [0.717, 1.165) is 11.1 Å². The smallest absolute Gasteiger partial charge is 0.207 e. The summed E-state index contributed by atoms with van der Waals surface area (Å²) in [6, 6.07) is 6.74. The fourth-order valence-electron chi connectivity index (χ4n) is 2.14. The molecule has 2 rings (SSSR count). The summed E-state index contributed by atoms with van der Waals surface area (Å²) in [5.41, 5.74) is 2.59. The lowest BCUT2D eigenvalue weighted by Gasteiger charge is -2.09. The normalized spacial score (nSPS) is 11.7. The average Bonchev–Trinajstić information content (AvgIpc) is 2.41. The first-order valence-electron chi connectivity index (χ1n) is 6.41. The van der Waals surface area contributed by atoms with Crippen molar-refractivity contribution in [3.05, 3.63) is 64.5 Å². The highest BCUT2D eigenvalue weighted by Crippen LogP contribution is 2.20.